The van der Waals surface area contributed by atoms with E-state index in [0.29, 0.717) is 49.5 Å². The molecule has 2 N–H and O–H groups in total. The molecule has 2 aliphatic rings. The third-order valence-corrected chi connectivity index (χ3v) is 5.50. The number of aliphatic carboxylic acids is 1. The van der Waals surface area contributed by atoms with Gasteiger partial charge < -0.3 is 15.3 Å². The fraction of sp³-hybridized carbons (Fsp3) is 0.550. The number of amides is 2. The minimum atomic E-state index is -0.783. The lowest BCUT2D eigenvalue weighted by molar-refractivity contribution is -0.143. The van der Waals surface area contributed by atoms with Crippen molar-refractivity contribution in [3.63, 3.8) is 0 Å². The standard InChI is InChI=1S/C20H26N2O4/c23-18(13-14-3-1-2-4-14)21-17-7-5-15(6-8-17)19(24)22-11-9-16(10-12-22)20(25)26/h5-8,14,16H,1-4,9-13H2,(H,21,23)(H,25,26). The minimum absolute atomic E-state index is 0.0340. The van der Waals surface area contributed by atoms with Gasteiger partial charge in [0.15, 0.2) is 0 Å². The van der Waals surface area contributed by atoms with Crippen LogP contribution < -0.4 is 5.32 Å². The lowest BCUT2D eigenvalue weighted by Crippen LogP contribution is -2.40. The molecule has 0 atom stereocenters. The third-order valence-electron chi connectivity index (χ3n) is 5.50. The number of carbonyl (C=O) groups is 3. The molecule has 26 heavy (non-hydrogen) atoms. The quantitative estimate of drug-likeness (QED) is 0.846. The molecule has 0 aromatic heterocycles. The number of anilines is 1. The van der Waals surface area contributed by atoms with Gasteiger partial charge in [0.1, 0.15) is 0 Å². The van der Waals surface area contributed by atoms with Crippen LogP contribution in [0.1, 0.15) is 55.3 Å². The summed E-state index contributed by atoms with van der Waals surface area (Å²) in [6.45, 7) is 0.936. The van der Waals surface area contributed by atoms with E-state index in [4.69, 9.17) is 5.11 Å². The van der Waals surface area contributed by atoms with Crippen molar-refractivity contribution in [1.82, 2.24) is 4.90 Å². The first-order valence-electron chi connectivity index (χ1n) is 9.45. The number of hydrogen-bond donors (Lipinski definition) is 2. The van der Waals surface area contributed by atoms with Crippen LogP contribution >= 0.6 is 0 Å². The molecule has 2 amide bonds. The Balaban J connectivity index is 1.51. The summed E-state index contributed by atoms with van der Waals surface area (Å²) in [6, 6.07) is 6.95. The zero-order valence-electron chi connectivity index (χ0n) is 14.9. The highest BCUT2D eigenvalue weighted by atomic mass is 16.4. The summed E-state index contributed by atoms with van der Waals surface area (Å²) < 4.78 is 0. The number of rotatable bonds is 5. The SMILES string of the molecule is O=C(CC1CCCC1)Nc1ccc(C(=O)N2CCC(C(=O)O)CC2)cc1. The van der Waals surface area contributed by atoms with Crippen LogP contribution in [0.3, 0.4) is 0 Å². The Kier molecular flexibility index (Phi) is 5.91. The van der Waals surface area contributed by atoms with Crippen molar-refractivity contribution in [2.45, 2.75) is 44.9 Å². The molecule has 140 valence electrons. The molecule has 1 saturated carbocycles. The van der Waals surface area contributed by atoms with Gasteiger partial charge in [0.05, 0.1) is 5.92 Å². The normalized spacial score (nSPS) is 18.7. The van der Waals surface area contributed by atoms with E-state index >= 15 is 0 Å². The molecular formula is C20H26N2O4. The van der Waals surface area contributed by atoms with Gasteiger partial charge in [-0.25, -0.2) is 0 Å². The van der Waals surface area contributed by atoms with Crippen LogP contribution in [0.5, 0.6) is 0 Å². The van der Waals surface area contributed by atoms with Crippen molar-refractivity contribution < 1.29 is 19.5 Å². The first-order valence-corrected chi connectivity index (χ1v) is 9.45. The van der Waals surface area contributed by atoms with Gasteiger partial charge in [-0.05, 0) is 55.9 Å². The van der Waals surface area contributed by atoms with Gasteiger partial charge in [-0.2, -0.15) is 0 Å². The molecule has 1 aromatic carbocycles. The maximum absolute atomic E-state index is 12.5. The molecule has 1 aliphatic carbocycles. The molecule has 1 aliphatic heterocycles. The van der Waals surface area contributed by atoms with Crippen LogP contribution in [0.4, 0.5) is 5.69 Å². The van der Waals surface area contributed by atoms with E-state index in [1.807, 2.05) is 0 Å². The number of nitrogens with zero attached hydrogens (tertiary/aromatic N) is 1. The number of likely N-dealkylation sites (tertiary alicyclic amines) is 1. The Labute approximate surface area is 153 Å². The van der Waals surface area contributed by atoms with Crippen LogP contribution in [0, 0.1) is 11.8 Å². The van der Waals surface area contributed by atoms with Crippen molar-refractivity contribution in [2.24, 2.45) is 11.8 Å². The highest BCUT2D eigenvalue weighted by Crippen LogP contribution is 2.28. The number of piperidine rings is 1. The van der Waals surface area contributed by atoms with Gasteiger partial charge in [-0.3, -0.25) is 14.4 Å². The number of hydrogen-bond acceptors (Lipinski definition) is 3. The lowest BCUT2D eigenvalue weighted by atomic mass is 9.96. The van der Waals surface area contributed by atoms with E-state index < -0.39 is 5.97 Å². The largest absolute Gasteiger partial charge is 0.481 e. The summed E-state index contributed by atoms with van der Waals surface area (Å²) in [5.41, 5.74) is 1.27. The third kappa shape index (κ3) is 4.62. The van der Waals surface area contributed by atoms with Crippen LogP contribution in [0.15, 0.2) is 24.3 Å². The molecule has 0 bridgehead atoms. The molecule has 1 saturated heterocycles. The Morgan fingerprint density at radius 1 is 1.00 bits per heavy atom. The van der Waals surface area contributed by atoms with Crippen molar-refractivity contribution >= 4 is 23.5 Å². The Hall–Kier alpha value is -2.37. The maximum atomic E-state index is 12.5. The van der Waals surface area contributed by atoms with E-state index in [0.717, 1.165) is 12.8 Å². The fourth-order valence-electron chi connectivity index (χ4n) is 3.90. The van der Waals surface area contributed by atoms with Crippen molar-refractivity contribution in [1.29, 1.82) is 0 Å². The Bertz CT molecular complexity index is 657. The van der Waals surface area contributed by atoms with Crippen molar-refractivity contribution in [3.8, 4) is 0 Å². The summed E-state index contributed by atoms with van der Waals surface area (Å²) in [5, 5.41) is 11.9. The first-order chi connectivity index (χ1) is 12.5. The molecule has 2 fully saturated rings. The zero-order chi connectivity index (χ0) is 18.5. The molecule has 0 spiro atoms. The highest BCUT2D eigenvalue weighted by molar-refractivity contribution is 5.96. The number of carbonyl (C=O) groups excluding carboxylic acids is 2. The van der Waals surface area contributed by atoms with Gasteiger partial charge in [-0.15, -0.1) is 0 Å². The van der Waals surface area contributed by atoms with Crippen LogP contribution in [-0.4, -0.2) is 40.9 Å². The maximum Gasteiger partial charge on any atom is 0.306 e. The summed E-state index contributed by atoms with van der Waals surface area (Å²) in [5.74, 6) is -0.680. The number of carboxylic acid groups (broad SMARTS) is 1. The Morgan fingerprint density at radius 3 is 2.19 bits per heavy atom. The minimum Gasteiger partial charge on any atom is -0.481 e. The van der Waals surface area contributed by atoms with E-state index in [9.17, 15) is 14.4 Å². The monoisotopic (exact) mass is 358 g/mol. The fourth-order valence-corrected chi connectivity index (χ4v) is 3.90. The zero-order valence-corrected chi connectivity index (χ0v) is 14.9. The smallest absolute Gasteiger partial charge is 0.306 e. The van der Waals surface area contributed by atoms with Gasteiger partial charge in [-0.1, -0.05) is 12.8 Å². The molecular weight excluding hydrogens is 332 g/mol. The summed E-state index contributed by atoms with van der Waals surface area (Å²) in [6.07, 6.45) is 6.28. The molecule has 6 nitrogen and oxygen atoms in total. The second-order valence-electron chi connectivity index (χ2n) is 7.38. The second kappa shape index (κ2) is 8.34. The lowest BCUT2D eigenvalue weighted by Gasteiger charge is -2.30. The average Bonchev–Trinajstić information content (AvgIpc) is 3.14. The average molecular weight is 358 g/mol. The van der Waals surface area contributed by atoms with Crippen LogP contribution in [0.2, 0.25) is 0 Å². The Morgan fingerprint density at radius 2 is 1.62 bits per heavy atom. The molecule has 3 rings (SSSR count). The molecule has 1 aromatic rings. The molecule has 1 heterocycles. The first kappa shape index (κ1) is 18.4. The predicted molar refractivity (Wildman–Crippen MR) is 97.9 cm³/mol. The highest BCUT2D eigenvalue weighted by Gasteiger charge is 2.27. The van der Waals surface area contributed by atoms with Crippen molar-refractivity contribution in [2.75, 3.05) is 18.4 Å². The van der Waals surface area contributed by atoms with Crippen LogP contribution in [-0.2, 0) is 9.59 Å². The predicted octanol–water partition coefficient (Wildman–Crippen LogP) is 3.14. The van der Waals surface area contributed by atoms with Crippen LogP contribution in [0.25, 0.3) is 0 Å². The van der Waals surface area contributed by atoms with Gasteiger partial charge in [0.2, 0.25) is 5.91 Å². The number of carboxylic acids is 1. The molecule has 6 heteroatoms. The van der Waals surface area contributed by atoms with Gasteiger partial charge >= 0.3 is 5.97 Å². The van der Waals surface area contributed by atoms with Gasteiger partial charge in [0, 0.05) is 30.8 Å². The van der Waals surface area contributed by atoms with Crippen molar-refractivity contribution in [3.05, 3.63) is 29.8 Å². The van der Waals surface area contributed by atoms with E-state index in [2.05, 4.69) is 5.32 Å². The second-order valence-corrected chi connectivity index (χ2v) is 7.38. The van der Waals surface area contributed by atoms with E-state index in [1.54, 1.807) is 29.2 Å². The summed E-state index contributed by atoms with van der Waals surface area (Å²) >= 11 is 0. The summed E-state index contributed by atoms with van der Waals surface area (Å²) in [4.78, 5) is 37.3. The van der Waals surface area contributed by atoms with E-state index in [-0.39, 0.29) is 17.7 Å². The summed E-state index contributed by atoms with van der Waals surface area (Å²) in [7, 11) is 0. The van der Waals surface area contributed by atoms with Gasteiger partial charge in [0.25, 0.3) is 5.91 Å². The topological polar surface area (TPSA) is 86.7 Å². The number of nitrogens with one attached hydrogen (secondary N) is 1. The molecule has 0 unspecified atom stereocenters. The molecule has 0 radical (unpaired) electrons. The van der Waals surface area contributed by atoms with E-state index in [1.165, 1.54) is 12.8 Å². The number of benzene rings is 1.